The van der Waals surface area contributed by atoms with E-state index in [1.54, 1.807) is 18.2 Å². The number of carbonyl (C=O) groups is 2. The summed E-state index contributed by atoms with van der Waals surface area (Å²) in [7, 11) is 1.32. The number of fused-ring (bicyclic) bond motifs is 1. The van der Waals surface area contributed by atoms with E-state index in [9.17, 15) is 19.7 Å². The molecule has 10 heteroatoms. The number of amides is 1. The van der Waals surface area contributed by atoms with E-state index >= 15 is 0 Å². The van der Waals surface area contributed by atoms with Crippen LogP contribution in [0.3, 0.4) is 0 Å². The summed E-state index contributed by atoms with van der Waals surface area (Å²) in [6.07, 6.45) is -1.12. The third-order valence-corrected chi connectivity index (χ3v) is 4.17. The normalized spacial score (nSPS) is 12.8. The molecule has 0 fully saturated rings. The molecule has 0 unspecified atom stereocenters. The molecule has 1 atom stereocenters. The van der Waals surface area contributed by atoms with E-state index in [1.165, 1.54) is 26.2 Å². The molecule has 0 aliphatic carbocycles. The zero-order chi connectivity index (χ0) is 21.0. The van der Waals surface area contributed by atoms with E-state index in [1.807, 2.05) is 0 Å². The number of non-ortho nitro benzene ring substituents is 1. The molecular formula is C19H18N2O8. The average molecular weight is 402 g/mol. The molecule has 1 aliphatic rings. The van der Waals surface area contributed by atoms with E-state index in [0.717, 1.165) is 11.6 Å². The van der Waals surface area contributed by atoms with E-state index < -0.39 is 22.9 Å². The van der Waals surface area contributed by atoms with E-state index in [-0.39, 0.29) is 30.3 Å². The first kappa shape index (κ1) is 19.9. The molecule has 10 nitrogen and oxygen atoms in total. The SMILES string of the molecule is COc1ccc([N+](=O)[O-])cc1C(=O)O[C@H](C)C(=O)NCc1ccc2c(c1)OCO2. The summed E-state index contributed by atoms with van der Waals surface area (Å²) in [5.74, 6) is -0.104. The van der Waals surface area contributed by atoms with E-state index in [4.69, 9.17) is 18.9 Å². The lowest BCUT2D eigenvalue weighted by atomic mass is 10.1. The number of hydrogen-bond acceptors (Lipinski definition) is 8. The van der Waals surface area contributed by atoms with Gasteiger partial charge in [0, 0.05) is 18.7 Å². The van der Waals surface area contributed by atoms with Gasteiger partial charge in [-0.15, -0.1) is 0 Å². The van der Waals surface area contributed by atoms with Gasteiger partial charge < -0.3 is 24.3 Å². The average Bonchev–Trinajstić information content (AvgIpc) is 3.19. The maximum atomic E-state index is 12.4. The van der Waals surface area contributed by atoms with Crippen LogP contribution in [-0.4, -0.2) is 36.8 Å². The molecule has 3 rings (SSSR count). The highest BCUT2D eigenvalue weighted by atomic mass is 16.7. The zero-order valence-corrected chi connectivity index (χ0v) is 15.7. The first-order valence-corrected chi connectivity index (χ1v) is 8.58. The number of benzene rings is 2. The Bertz CT molecular complexity index is 959. The smallest absolute Gasteiger partial charge is 0.342 e. The Balaban J connectivity index is 1.61. The molecule has 1 aliphatic heterocycles. The number of nitro benzene ring substituents is 1. The summed E-state index contributed by atoms with van der Waals surface area (Å²) in [5.41, 5.74) is 0.344. The molecular weight excluding hydrogens is 384 g/mol. The first-order valence-electron chi connectivity index (χ1n) is 8.58. The second kappa shape index (κ2) is 8.46. The maximum absolute atomic E-state index is 12.4. The van der Waals surface area contributed by atoms with Crippen molar-refractivity contribution in [1.82, 2.24) is 5.32 Å². The topological polar surface area (TPSA) is 126 Å². The Morgan fingerprint density at radius 2 is 1.97 bits per heavy atom. The minimum Gasteiger partial charge on any atom is -0.496 e. The molecule has 2 aromatic rings. The minimum absolute atomic E-state index is 0.105. The van der Waals surface area contributed by atoms with Crippen LogP contribution in [0.5, 0.6) is 17.2 Å². The molecule has 152 valence electrons. The lowest BCUT2D eigenvalue weighted by Crippen LogP contribution is -2.35. The number of esters is 1. The second-order valence-corrected chi connectivity index (χ2v) is 6.09. The van der Waals surface area contributed by atoms with Gasteiger partial charge in [0.1, 0.15) is 11.3 Å². The van der Waals surface area contributed by atoms with Crippen LogP contribution in [0.4, 0.5) is 5.69 Å². The number of carbonyl (C=O) groups excluding carboxylic acids is 2. The second-order valence-electron chi connectivity index (χ2n) is 6.09. The minimum atomic E-state index is -1.12. The number of rotatable bonds is 7. The zero-order valence-electron chi connectivity index (χ0n) is 15.7. The van der Waals surface area contributed by atoms with Crippen molar-refractivity contribution < 1.29 is 33.5 Å². The maximum Gasteiger partial charge on any atom is 0.342 e. The van der Waals surface area contributed by atoms with Crippen molar-refractivity contribution in [3.63, 3.8) is 0 Å². The Labute approximate surface area is 165 Å². The van der Waals surface area contributed by atoms with Gasteiger partial charge in [0.2, 0.25) is 6.79 Å². The fourth-order valence-corrected chi connectivity index (χ4v) is 2.63. The predicted molar refractivity (Wildman–Crippen MR) is 98.9 cm³/mol. The molecule has 0 radical (unpaired) electrons. The Morgan fingerprint density at radius 1 is 1.21 bits per heavy atom. The van der Waals surface area contributed by atoms with Gasteiger partial charge in [-0.3, -0.25) is 14.9 Å². The fraction of sp³-hybridized carbons (Fsp3) is 0.263. The summed E-state index contributed by atoms with van der Waals surface area (Å²) in [5, 5.41) is 13.6. The monoisotopic (exact) mass is 402 g/mol. The van der Waals surface area contributed by atoms with Gasteiger partial charge in [-0.2, -0.15) is 0 Å². The van der Waals surface area contributed by atoms with Crippen LogP contribution in [0.15, 0.2) is 36.4 Å². The molecule has 2 aromatic carbocycles. The van der Waals surface area contributed by atoms with Gasteiger partial charge in [-0.1, -0.05) is 6.07 Å². The molecule has 1 amide bonds. The predicted octanol–water partition coefficient (Wildman–Crippen LogP) is 2.19. The largest absolute Gasteiger partial charge is 0.496 e. The molecule has 0 saturated heterocycles. The van der Waals surface area contributed by atoms with E-state index in [2.05, 4.69) is 5.32 Å². The first-order chi connectivity index (χ1) is 13.9. The van der Waals surface area contributed by atoms with Crippen molar-refractivity contribution in [2.75, 3.05) is 13.9 Å². The van der Waals surface area contributed by atoms with Crippen LogP contribution in [0.25, 0.3) is 0 Å². The van der Waals surface area contributed by atoms with Crippen molar-refractivity contribution in [2.45, 2.75) is 19.6 Å². The van der Waals surface area contributed by atoms with Crippen molar-refractivity contribution in [1.29, 1.82) is 0 Å². The molecule has 0 bridgehead atoms. The van der Waals surface area contributed by atoms with Crippen LogP contribution in [-0.2, 0) is 16.1 Å². The lowest BCUT2D eigenvalue weighted by molar-refractivity contribution is -0.384. The molecule has 0 saturated carbocycles. The summed E-state index contributed by atoms with van der Waals surface area (Å²) < 4.78 is 20.7. The summed E-state index contributed by atoms with van der Waals surface area (Å²) >= 11 is 0. The Morgan fingerprint density at radius 3 is 2.69 bits per heavy atom. The van der Waals surface area contributed by atoms with Crippen LogP contribution >= 0.6 is 0 Å². The van der Waals surface area contributed by atoms with Gasteiger partial charge in [0.15, 0.2) is 17.6 Å². The number of nitrogens with zero attached hydrogens (tertiary/aromatic N) is 1. The highest BCUT2D eigenvalue weighted by molar-refractivity contribution is 5.95. The van der Waals surface area contributed by atoms with Gasteiger partial charge in [0.05, 0.1) is 12.0 Å². The van der Waals surface area contributed by atoms with E-state index in [0.29, 0.717) is 11.5 Å². The molecule has 1 heterocycles. The molecule has 1 N–H and O–H groups in total. The third-order valence-electron chi connectivity index (χ3n) is 4.17. The summed E-state index contributed by atoms with van der Waals surface area (Å²) in [6, 6.07) is 8.79. The van der Waals surface area contributed by atoms with Gasteiger partial charge in [-0.25, -0.2) is 4.79 Å². The number of nitro groups is 1. The van der Waals surface area contributed by atoms with Crippen molar-refractivity contribution >= 4 is 17.6 Å². The third kappa shape index (κ3) is 4.54. The number of ether oxygens (including phenoxy) is 4. The lowest BCUT2D eigenvalue weighted by Gasteiger charge is -2.15. The van der Waals surface area contributed by atoms with Crippen molar-refractivity contribution in [3.05, 3.63) is 57.6 Å². The highest BCUT2D eigenvalue weighted by Crippen LogP contribution is 2.32. The number of hydrogen-bond donors (Lipinski definition) is 1. The Hall–Kier alpha value is -3.82. The van der Waals surface area contributed by atoms with Crippen molar-refractivity contribution in [2.24, 2.45) is 0 Å². The number of methoxy groups -OCH3 is 1. The van der Waals surface area contributed by atoms with Gasteiger partial charge in [0.25, 0.3) is 11.6 Å². The molecule has 0 aromatic heterocycles. The van der Waals surface area contributed by atoms with Gasteiger partial charge >= 0.3 is 5.97 Å². The van der Waals surface area contributed by atoms with Crippen LogP contribution in [0.2, 0.25) is 0 Å². The molecule has 29 heavy (non-hydrogen) atoms. The quantitative estimate of drug-likeness (QED) is 0.424. The van der Waals surface area contributed by atoms with Crippen molar-refractivity contribution in [3.8, 4) is 17.2 Å². The van der Waals surface area contributed by atoms with Crippen LogP contribution < -0.4 is 19.5 Å². The summed E-state index contributed by atoms with van der Waals surface area (Å²) in [4.78, 5) is 34.9. The molecule has 0 spiro atoms. The Kier molecular flexibility index (Phi) is 5.82. The van der Waals surface area contributed by atoms with Crippen LogP contribution in [0.1, 0.15) is 22.8 Å². The highest BCUT2D eigenvalue weighted by Gasteiger charge is 2.23. The van der Waals surface area contributed by atoms with Crippen LogP contribution in [0, 0.1) is 10.1 Å². The number of nitrogens with one attached hydrogen (secondary N) is 1. The summed E-state index contributed by atoms with van der Waals surface area (Å²) in [6.45, 7) is 1.74. The van der Waals surface area contributed by atoms with Gasteiger partial charge in [-0.05, 0) is 30.7 Å². The standard InChI is InChI=1S/C19H18N2O8/c1-11(18(22)20-9-12-3-5-16-17(7-12)28-10-27-16)29-19(23)14-8-13(21(24)25)4-6-15(14)26-2/h3-8,11H,9-10H2,1-2H3,(H,20,22)/t11-/m1/s1. The fourth-order valence-electron chi connectivity index (χ4n) is 2.63.